The fourth-order valence-corrected chi connectivity index (χ4v) is 2.88. The zero-order chi connectivity index (χ0) is 14.6. The molecular weight excluding hydrogens is 272 g/mol. The van der Waals surface area contributed by atoms with Crippen molar-refractivity contribution in [1.29, 1.82) is 0 Å². The van der Waals surface area contributed by atoms with Crippen LogP contribution in [-0.2, 0) is 16.9 Å². The maximum Gasteiger partial charge on any atom is 0.242 e. The Bertz CT molecular complexity index is 566. The van der Waals surface area contributed by atoms with E-state index in [0.717, 1.165) is 10.4 Å². The molecule has 1 aromatic heterocycles. The third-order valence-electron chi connectivity index (χ3n) is 3.46. The topological polar surface area (TPSA) is 75.3 Å². The largest absolute Gasteiger partial charge is 0.508 e. The van der Waals surface area contributed by atoms with Crippen molar-refractivity contribution in [3.05, 3.63) is 52.2 Å². The molecular formula is C15H18N2O2S. The van der Waals surface area contributed by atoms with Crippen molar-refractivity contribution >= 4 is 17.2 Å². The van der Waals surface area contributed by atoms with E-state index in [1.807, 2.05) is 24.4 Å². The van der Waals surface area contributed by atoms with Crippen LogP contribution in [0.5, 0.6) is 5.75 Å². The third kappa shape index (κ3) is 2.84. The van der Waals surface area contributed by atoms with Crippen molar-refractivity contribution in [3.63, 3.8) is 0 Å². The maximum absolute atomic E-state index is 12.0. The lowest BCUT2D eigenvalue weighted by molar-refractivity contribution is -0.125. The number of rotatable bonds is 6. The van der Waals surface area contributed by atoms with Gasteiger partial charge in [-0.15, -0.1) is 11.3 Å². The molecule has 1 aromatic carbocycles. The number of phenolic OH excluding ortho intramolecular Hbond substituents is 1. The second-order valence-corrected chi connectivity index (χ2v) is 5.64. The van der Waals surface area contributed by atoms with Gasteiger partial charge >= 0.3 is 0 Å². The summed E-state index contributed by atoms with van der Waals surface area (Å²) in [5.41, 5.74) is 5.48. The molecule has 0 spiro atoms. The van der Waals surface area contributed by atoms with Gasteiger partial charge in [0.05, 0.1) is 0 Å². The molecule has 4 N–H and O–H groups in total. The molecule has 0 saturated heterocycles. The van der Waals surface area contributed by atoms with Crippen molar-refractivity contribution < 1.29 is 9.90 Å². The lowest BCUT2D eigenvalue weighted by atomic mass is 9.86. The molecule has 1 unspecified atom stereocenters. The number of phenols is 1. The molecule has 20 heavy (non-hydrogen) atoms. The molecule has 1 amide bonds. The molecule has 0 radical (unpaired) electrons. The van der Waals surface area contributed by atoms with E-state index in [1.165, 1.54) is 0 Å². The van der Waals surface area contributed by atoms with Gasteiger partial charge < -0.3 is 10.8 Å². The minimum atomic E-state index is -0.919. The smallest absolute Gasteiger partial charge is 0.242 e. The predicted molar refractivity (Wildman–Crippen MR) is 80.4 cm³/mol. The van der Waals surface area contributed by atoms with Gasteiger partial charge in [-0.3, -0.25) is 10.1 Å². The normalized spacial score (nSPS) is 13.8. The van der Waals surface area contributed by atoms with E-state index in [-0.39, 0.29) is 5.75 Å². The first kappa shape index (κ1) is 14.6. The number of aromatic hydroxyl groups is 1. The molecule has 0 saturated carbocycles. The molecule has 0 fully saturated rings. The molecule has 4 nitrogen and oxygen atoms in total. The number of hydrogen-bond acceptors (Lipinski definition) is 4. The second kappa shape index (κ2) is 6.07. The molecule has 0 bridgehead atoms. The molecule has 1 atom stereocenters. The average Bonchev–Trinajstić information content (AvgIpc) is 2.94. The van der Waals surface area contributed by atoms with Gasteiger partial charge in [-0.2, -0.15) is 0 Å². The van der Waals surface area contributed by atoms with Gasteiger partial charge in [0.15, 0.2) is 0 Å². The Kier molecular flexibility index (Phi) is 4.42. The molecule has 1 heterocycles. The summed E-state index contributed by atoms with van der Waals surface area (Å²) < 4.78 is 0. The van der Waals surface area contributed by atoms with Crippen LogP contribution in [-0.4, -0.2) is 11.0 Å². The minimum Gasteiger partial charge on any atom is -0.508 e. The van der Waals surface area contributed by atoms with Crippen LogP contribution in [0, 0.1) is 0 Å². The predicted octanol–water partition coefficient (Wildman–Crippen LogP) is 2.33. The lowest BCUT2D eigenvalue weighted by Gasteiger charge is -2.31. The Hall–Kier alpha value is -1.85. The molecule has 0 aliphatic heterocycles. The first-order valence-corrected chi connectivity index (χ1v) is 7.33. The Morgan fingerprint density at radius 1 is 1.35 bits per heavy atom. The van der Waals surface area contributed by atoms with Crippen LogP contribution in [0.4, 0.5) is 0 Å². The summed E-state index contributed by atoms with van der Waals surface area (Å²) in [5.74, 6) is -0.247. The van der Waals surface area contributed by atoms with Gasteiger partial charge in [0.2, 0.25) is 5.91 Å². The highest BCUT2D eigenvalue weighted by molar-refractivity contribution is 7.09. The summed E-state index contributed by atoms with van der Waals surface area (Å²) in [5, 5.41) is 14.6. The molecule has 106 valence electrons. The number of thiophene rings is 1. The highest BCUT2D eigenvalue weighted by Gasteiger charge is 2.36. The Balaban J connectivity index is 2.29. The fraction of sp³-hybridized carbons (Fsp3) is 0.267. The van der Waals surface area contributed by atoms with Crippen molar-refractivity contribution in [2.24, 2.45) is 5.73 Å². The number of nitrogens with one attached hydrogen (secondary N) is 1. The number of carbonyl (C=O) groups excluding carboxylic acids is 1. The van der Waals surface area contributed by atoms with Crippen molar-refractivity contribution in [3.8, 4) is 5.75 Å². The zero-order valence-corrected chi connectivity index (χ0v) is 12.1. The number of carbonyl (C=O) groups is 1. The van der Waals surface area contributed by atoms with E-state index in [2.05, 4.69) is 5.32 Å². The SMILES string of the molecule is CCC(NCc1cccs1)(C(N)=O)c1ccc(O)cc1. The summed E-state index contributed by atoms with van der Waals surface area (Å²) in [4.78, 5) is 13.1. The van der Waals surface area contributed by atoms with Gasteiger partial charge in [-0.25, -0.2) is 0 Å². The van der Waals surface area contributed by atoms with Crippen LogP contribution in [0.25, 0.3) is 0 Å². The Labute approximate surface area is 122 Å². The molecule has 5 heteroatoms. The van der Waals surface area contributed by atoms with E-state index in [0.29, 0.717) is 13.0 Å². The van der Waals surface area contributed by atoms with Crippen LogP contribution in [0.1, 0.15) is 23.8 Å². The van der Waals surface area contributed by atoms with Crippen molar-refractivity contribution in [1.82, 2.24) is 5.32 Å². The quantitative estimate of drug-likeness (QED) is 0.764. The monoisotopic (exact) mass is 290 g/mol. The van der Waals surface area contributed by atoms with Crippen molar-refractivity contribution in [2.45, 2.75) is 25.4 Å². The standard InChI is InChI=1S/C15H18N2O2S/c1-2-15(14(16)19,11-5-7-12(18)8-6-11)17-10-13-4-3-9-20-13/h3-9,17-18H,2,10H2,1H3,(H2,16,19). The summed E-state index contributed by atoms with van der Waals surface area (Å²) in [6, 6.07) is 10.6. The summed E-state index contributed by atoms with van der Waals surface area (Å²) in [6.45, 7) is 2.49. The van der Waals surface area contributed by atoms with E-state index in [9.17, 15) is 9.90 Å². The molecule has 0 aliphatic carbocycles. The summed E-state index contributed by atoms with van der Waals surface area (Å²) in [6.07, 6.45) is 0.540. The molecule has 0 aliphatic rings. The molecule has 2 rings (SSSR count). The second-order valence-electron chi connectivity index (χ2n) is 4.60. The van der Waals surface area contributed by atoms with Crippen molar-refractivity contribution in [2.75, 3.05) is 0 Å². The van der Waals surface area contributed by atoms with Crippen LogP contribution < -0.4 is 11.1 Å². The summed E-state index contributed by atoms with van der Waals surface area (Å²) >= 11 is 1.63. The number of hydrogen-bond donors (Lipinski definition) is 3. The zero-order valence-electron chi connectivity index (χ0n) is 11.3. The van der Waals surface area contributed by atoms with E-state index < -0.39 is 11.4 Å². The first-order chi connectivity index (χ1) is 9.58. The van der Waals surface area contributed by atoms with Gasteiger partial charge in [0.1, 0.15) is 11.3 Å². The Morgan fingerprint density at radius 2 is 2.05 bits per heavy atom. The van der Waals surface area contributed by atoms with E-state index >= 15 is 0 Å². The van der Waals surface area contributed by atoms with Crippen LogP contribution >= 0.6 is 11.3 Å². The minimum absolute atomic E-state index is 0.168. The highest BCUT2D eigenvalue weighted by Crippen LogP contribution is 2.27. The first-order valence-electron chi connectivity index (χ1n) is 6.45. The van der Waals surface area contributed by atoms with Gasteiger partial charge in [0.25, 0.3) is 0 Å². The van der Waals surface area contributed by atoms with Crippen LogP contribution in [0.3, 0.4) is 0 Å². The molecule has 2 aromatic rings. The lowest BCUT2D eigenvalue weighted by Crippen LogP contribution is -2.51. The maximum atomic E-state index is 12.0. The van der Waals surface area contributed by atoms with Crippen LogP contribution in [0.15, 0.2) is 41.8 Å². The number of amides is 1. The number of primary amides is 1. The average molecular weight is 290 g/mol. The van der Waals surface area contributed by atoms with Gasteiger partial charge in [0, 0.05) is 11.4 Å². The van der Waals surface area contributed by atoms with E-state index in [1.54, 1.807) is 35.6 Å². The van der Waals surface area contributed by atoms with E-state index in [4.69, 9.17) is 5.73 Å². The van der Waals surface area contributed by atoms with Crippen LogP contribution in [0.2, 0.25) is 0 Å². The third-order valence-corrected chi connectivity index (χ3v) is 4.33. The Morgan fingerprint density at radius 3 is 2.55 bits per heavy atom. The number of nitrogens with two attached hydrogens (primary N) is 1. The fourth-order valence-electron chi connectivity index (χ4n) is 2.23. The van der Waals surface area contributed by atoms with Gasteiger partial charge in [-0.1, -0.05) is 25.1 Å². The highest BCUT2D eigenvalue weighted by atomic mass is 32.1. The van der Waals surface area contributed by atoms with Gasteiger partial charge in [-0.05, 0) is 35.6 Å². The number of benzene rings is 1. The summed E-state index contributed by atoms with van der Waals surface area (Å²) in [7, 11) is 0.